The third-order valence-electron chi connectivity index (χ3n) is 7.57. The largest absolute Gasteiger partial charge is 0.508 e. The average Bonchev–Trinajstić information content (AvgIpc) is 3.24. The molecule has 2 heterocycles. The van der Waals surface area contributed by atoms with Crippen LogP contribution in [0.5, 0.6) is 23.0 Å². The van der Waals surface area contributed by atoms with E-state index in [1.807, 2.05) is 66.7 Å². The summed E-state index contributed by atoms with van der Waals surface area (Å²) in [7, 11) is 0. The van der Waals surface area contributed by atoms with Crippen molar-refractivity contribution in [2.75, 3.05) is 0 Å². The van der Waals surface area contributed by atoms with Crippen LogP contribution in [0.25, 0.3) is 0 Å². The van der Waals surface area contributed by atoms with Crippen LogP contribution < -0.4 is 4.74 Å². The third-order valence-corrected chi connectivity index (χ3v) is 7.57. The predicted octanol–water partition coefficient (Wildman–Crippen LogP) is 6.85. The number of benzene rings is 5. The standard InChI is InChI=1S/C34H24O5/c35-25-14-15-27-30(19-25)38-31-20-29(36)24(17-22-10-5-2-6-11-22)18-28(31)34(27)32-23(16-21-8-3-1-4-9-21)12-7-13-26(32)33(37)39-34/h1-15,18-20,35-36H,16-17H2. The Hall–Kier alpha value is -5.03. The van der Waals surface area contributed by atoms with Crippen molar-refractivity contribution in [1.29, 1.82) is 0 Å². The zero-order chi connectivity index (χ0) is 26.6. The number of phenolic OH excluding ortho intramolecular Hbond substituents is 2. The maximum absolute atomic E-state index is 13.5. The van der Waals surface area contributed by atoms with E-state index in [2.05, 4.69) is 12.1 Å². The van der Waals surface area contributed by atoms with E-state index in [0.717, 1.165) is 22.3 Å². The Balaban J connectivity index is 1.49. The normalized spacial score (nSPS) is 16.7. The third kappa shape index (κ3) is 3.66. The Bertz CT molecular complexity index is 1740. The smallest absolute Gasteiger partial charge is 0.340 e. The fraction of sp³-hybridized carbons (Fsp3) is 0.0882. The molecule has 1 spiro atoms. The lowest BCUT2D eigenvalue weighted by Gasteiger charge is -2.37. The molecule has 0 aliphatic carbocycles. The number of esters is 1. The van der Waals surface area contributed by atoms with Crippen molar-refractivity contribution in [3.05, 3.63) is 154 Å². The van der Waals surface area contributed by atoms with Gasteiger partial charge >= 0.3 is 5.97 Å². The summed E-state index contributed by atoms with van der Waals surface area (Å²) in [4.78, 5) is 13.5. The number of hydrogen-bond donors (Lipinski definition) is 2. The minimum atomic E-state index is -1.31. The Kier molecular flexibility index (Phi) is 5.20. The van der Waals surface area contributed by atoms with Crippen LogP contribution in [0.4, 0.5) is 0 Å². The van der Waals surface area contributed by atoms with Crippen LogP contribution in [0.1, 0.15) is 49.3 Å². The van der Waals surface area contributed by atoms with E-state index in [0.29, 0.717) is 46.6 Å². The summed E-state index contributed by atoms with van der Waals surface area (Å²) >= 11 is 0. The Labute approximate surface area is 225 Å². The first-order valence-corrected chi connectivity index (χ1v) is 12.8. The van der Waals surface area contributed by atoms with Crippen LogP contribution in [-0.4, -0.2) is 16.2 Å². The number of fused-ring (bicyclic) bond motifs is 6. The molecule has 0 amide bonds. The molecule has 190 valence electrons. The van der Waals surface area contributed by atoms with Gasteiger partial charge in [0.2, 0.25) is 0 Å². The fourth-order valence-corrected chi connectivity index (χ4v) is 5.85. The highest BCUT2D eigenvalue weighted by molar-refractivity contribution is 5.97. The van der Waals surface area contributed by atoms with Gasteiger partial charge in [0, 0.05) is 35.2 Å². The van der Waals surface area contributed by atoms with E-state index in [1.165, 1.54) is 6.07 Å². The maximum Gasteiger partial charge on any atom is 0.340 e. The quantitative estimate of drug-likeness (QED) is 0.258. The van der Waals surface area contributed by atoms with Gasteiger partial charge in [0.1, 0.15) is 23.0 Å². The highest BCUT2D eigenvalue weighted by Crippen LogP contribution is 2.58. The van der Waals surface area contributed by atoms with E-state index in [9.17, 15) is 15.0 Å². The molecule has 2 aliphatic rings. The van der Waals surface area contributed by atoms with Crippen molar-refractivity contribution in [2.45, 2.75) is 18.4 Å². The summed E-state index contributed by atoms with van der Waals surface area (Å²) < 4.78 is 12.6. The molecule has 2 aliphatic heterocycles. The molecule has 1 atom stereocenters. The molecule has 0 bridgehead atoms. The fourth-order valence-electron chi connectivity index (χ4n) is 5.85. The SMILES string of the molecule is O=C1OC2(c3ccc(O)cc3Oc3cc(O)c(Cc4ccccc4)cc32)c2c(Cc3ccccc3)cccc21. The van der Waals surface area contributed by atoms with Crippen molar-refractivity contribution in [2.24, 2.45) is 0 Å². The molecule has 7 rings (SSSR count). The molecule has 5 nitrogen and oxygen atoms in total. The monoisotopic (exact) mass is 512 g/mol. The van der Waals surface area contributed by atoms with Crippen molar-refractivity contribution in [1.82, 2.24) is 0 Å². The number of hydrogen-bond acceptors (Lipinski definition) is 5. The van der Waals surface area contributed by atoms with Crippen molar-refractivity contribution >= 4 is 5.97 Å². The zero-order valence-electron chi connectivity index (χ0n) is 20.9. The lowest BCUT2D eigenvalue weighted by Crippen LogP contribution is -2.34. The van der Waals surface area contributed by atoms with Crippen LogP contribution >= 0.6 is 0 Å². The first-order valence-electron chi connectivity index (χ1n) is 12.8. The lowest BCUT2D eigenvalue weighted by molar-refractivity contribution is 0.0222. The zero-order valence-corrected chi connectivity index (χ0v) is 20.9. The van der Waals surface area contributed by atoms with Crippen LogP contribution in [0.15, 0.2) is 109 Å². The minimum Gasteiger partial charge on any atom is -0.508 e. The summed E-state index contributed by atoms with van der Waals surface area (Å²) in [6.45, 7) is 0. The second-order valence-electron chi connectivity index (χ2n) is 9.99. The Morgan fingerprint density at radius 2 is 1.31 bits per heavy atom. The number of carbonyl (C=O) groups is 1. The van der Waals surface area contributed by atoms with Gasteiger partial charge in [-0.1, -0.05) is 72.8 Å². The van der Waals surface area contributed by atoms with E-state index >= 15 is 0 Å². The number of rotatable bonds is 4. The van der Waals surface area contributed by atoms with E-state index in [-0.39, 0.29) is 11.5 Å². The van der Waals surface area contributed by atoms with Crippen LogP contribution in [0, 0.1) is 0 Å². The molecule has 5 heteroatoms. The highest BCUT2D eigenvalue weighted by Gasteiger charge is 2.55. The second kappa shape index (κ2) is 8.77. The van der Waals surface area contributed by atoms with Crippen molar-refractivity contribution in [3.8, 4) is 23.0 Å². The molecule has 0 saturated carbocycles. The number of ether oxygens (including phenoxy) is 2. The summed E-state index contributed by atoms with van der Waals surface area (Å²) in [5.41, 5.74) is 4.98. The molecular weight excluding hydrogens is 488 g/mol. The van der Waals surface area contributed by atoms with Gasteiger partial charge in [-0.25, -0.2) is 4.79 Å². The number of carbonyl (C=O) groups excluding carboxylic acids is 1. The van der Waals surface area contributed by atoms with Crippen LogP contribution in [0.2, 0.25) is 0 Å². The Morgan fingerprint density at radius 3 is 2.03 bits per heavy atom. The van der Waals surface area contributed by atoms with Crippen molar-refractivity contribution in [3.63, 3.8) is 0 Å². The molecule has 0 radical (unpaired) electrons. The summed E-state index contributed by atoms with van der Waals surface area (Å²) in [6, 6.07) is 34.0. The van der Waals surface area contributed by atoms with Crippen LogP contribution in [0.3, 0.4) is 0 Å². The summed E-state index contributed by atoms with van der Waals surface area (Å²) in [5.74, 6) is 0.424. The van der Waals surface area contributed by atoms with Gasteiger partial charge in [-0.2, -0.15) is 0 Å². The van der Waals surface area contributed by atoms with Crippen molar-refractivity contribution < 1.29 is 24.5 Å². The number of phenols is 2. The maximum atomic E-state index is 13.5. The van der Waals surface area contributed by atoms with Gasteiger partial charge in [-0.05, 0) is 52.9 Å². The van der Waals surface area contributed by atoms with Gasteiger partial charge in [0.05, 0.1) is 5.56 Å². The first kappa shape index (κ1) is 23.1. The minimum absolute atomic E-state index is 0.0272. The van der Waals surface area contributed by atoms with Gasteiger partial charge in [0.15, 0.2) is 5.60 Å². The summed E-state index contributed by atoms with van der Waals surface area (Å²) in [5, 5.41) is 21.3. The van der Waals surface area contributed by atoms with E-state index in [4.69, 9.17) is 9.47 Å². The lowest BCUT2D eigenvalue weighted by atomic mass is 9.74. The molecule has 39 heavy (non-hydrogen) atoms. The van der Waals surface area contributed by atoms with Gasteiger partial charge in [-0.3, -0.25) is 0 Å². The average molecular weight is 513 g/mol. The molecule has 0 saturated heterocycles. The van der Waals surface area contributed by atoms with E-state index in [1.54, 1.807) is 24.3 Å². The highest BCUT2D eigenvalue weighted by atomic mass is 16.6. The van der Waals surface area contributed by atoms with Gasteiger partial charge in [0.25, 0.3) is 0 Å². The molecule has 0 aromatic heterocycles. The Morgan fingerprint density at radius 1 is 0.641 bits per heavy atom. The van der Waals surface area contributed by atoms with Gasteiger partial charge < -0.3 is 19.7 Å². The molecule has 2 N–H and O–H groups in total. The van der Waals surface area contributed by atoms with Gasteiger partial charge in [-0.15, -0.1) is 0 Å². The van der Waals surface area contributed by atoms with Crippen LogP contribution in [-0.2, 0) is 23.2 Å². The summed E-state index contributed by atoms with van der Waals surface area (Å²) in [6.07, 6.45) is 1.09. The molecule has 1 unspecified atom stereocenters. The molecular formula is C34H24O5. The predicted molar refractivity (Wildman–Crippen MR) is 147 cm³/mol. The topological polar surface area (TPSA) is 76.0 Å². The number of aromatic hydroxyl groups is 2. The second-order valence-corrected chi connectivity index (χ2v) is 9.99. The molecule has 5 aromatic rings. The molecule has 5 aromatic carbocycles. The molecule has 0 fully saturated rings. The van der Waals surface area contributed by atoms with E-state index < -0.39 is 11.6 Å². The first-order chi connectivity index (χ1) is 19.0.